The summed E-state index contributed by atoms with van der Waals surface area (Å²) in [5.74, 6) is -0.428. The fourth-order valence-corrected chi connectivity index (χ4v) is 2.44. The monoisotopic (exact) mass is 291 g/mol. The molecule has 0 fully saturated rings. The second-order valence-electron chi connectivity index (χ2n) is 5.04. The molecule has 0 saturated heterocycles. The normalized spacial score (nSPS) is 12.2. The molecular formula is C17H19F2NO. The summed E-state index contributed by atoms with van der Waals surface area (Å²) in [5.41, 5.74) is 2.18. The van der Waals surface area contributed by atoms with E-state index in [0.717, 1.165) is 11.1 Å². The number of benzene rings is 2. The van der Waals surface area contributed by atoms with Crippen LogP contribution in [0.5, 0.6) is 5.75 Å². The number of hydrogen-bond acceptors (Lipinski definition) is 2. The van der Waals surface area contributed by atoms with Gasteiger partial charge in [0.25, 0.3) is 0 Å². The first-order chi connectivity index (χ1) is 10.0. The molecule has 2 rings (SSSR count). The van der Waals surface area contributed by atoms with E-state index in [1.54, 1.807) is 25.2 Å². The van der Waals surface area contributed by atoms with Gasteiger partial charge in [-0.3, -0.25) is 0 Å². The number of aryl methyl sites for hydroxylation is 1. The summed E-state index contributed by atoms with van der Waals surface area (Å²) < 4.78 is 32.7. The van der Waals surface area contributed by atoms with E-state index in [9.17, 15) is 8.78 Å². The smallest absolute Gasteiger partial charge is 0.168 e. The SMILES string of the molecule is CNC(Cc1cccc(OC)c1F)c1cc(C)cc(F)c1. The van der Waals surface area contributed by atoms with Gasteiger partial charge in [-0.05, 0) is 55.3 Å². The van der Waals surface area contributed by atoms with E-state index in [4.69, 9.17) is 4.74 Å². The van der Waals surface area contributed by atoms with Crippen LogP contribution in [0.4, 0.5) is 8.78 Å². The van der Waals surface area contributed by atoms with Crippen molar-refractivity contribution in [1.29, 1.82) is 0 Å². The molecule has 0 aliphatic heterocycles. The molecule has 0 aromatic heterocycles. The summed E-state index contributed by atoms with van der Waals surface area (Å²) in [6.45, 7) is 1.84. The molecule has 0 radical (unpaired) electrons. The van der Waals surface area contributed by atoms with Crippen molar-refractivity contribution in [3.63, 3.8) is 0 Å². The highest BCUT2D eigenvalue weighted by atomic mass is 19.1. The lowest BCUT2D eigenvalue weighted by Gasteiger charge is -2.18. The van der Waals surface area contributed by atoms with Crippen molar-refractivity contribution < 1.29 is 13.5 Å². The molecule has 0 aliphatic rings. The molecule has 112 valence electrons. The number of nitrogens with one attached hydrogen (secondary N) is 1. The average molecular weight is 291 g/mol. The lowest BCUT2D eigenvalue weighted by Crippen LogP contribution is -2.19. The number of likely N-dealkylation sites (N-methyl/N-ethyl adjacent to an activating group) is 1. The Morgan fingerprint density at radius 3 is 2.57 bits per heavy atom. The molecule has 0 bridgehead atoms. The zero-order valence-electron chi connectivity index (χ0n) is 12.4. The molecule has 1 atom stereocenters. The summed E-state index contributed by atoms with van der Waals surface area (Å²) in [7, 11) is 3.22. The Labute approximate surface area is 123 Å². The van der Waals surface area contributed by atoms with Crippen molar-refractivity contribution in [3.8, 4) is 5.75 Å². The van der Waals surface area contributed by atoms with Crippen molar-refractivity contribution in [2.45, 2.75) is 19.4 Å². The maximum atomic E-state index is 14.2. The van der Waals surface area contributed by atoms with E-state index in [1.165, 1.54) is 19.2 Å². The molecule has 0 aliphatic carbocycles. The summed E-state index contributed by atoms with van der Waals surface area (Å²) in [6, 6.07) is 9.74. The van der Waals surface area contributed by atoms with E-state index in [-0.39, 0.29) is 23.4 Å². The van der Waals surface area contributed by atoms with Crippen LogP contribution in [-0.4, -0.2) is 14.2 Å². The van der Waals surface area contributed by atoms with E-state index in [2.05, 4.69) is 5.32 Å². The topological polar surface area (TPSA) is 21.3 Å². The molecule has 2 aromatic carbocycles. The molecule has 1 N–H and O–H groups in total. The van der Waals surface area contributed by atoms with Gasteiger partial charge in [0.05, 0.1) is 7.11 Å². The molecular weight excluding hydrogens is 272 g/mol. The molecule has 21 heavy (non-hydrogen) atoms. The minimum Gasteiger partial charge on any atom is -0.494 e. The van der Waals surface area contributed by atoms with Crippen LogP contribution >= 0.6 is 0 Å². The third-order valence-electron chi connectivity index (χ3n) is 3.50. The standard InChI is InChI=1S/C17H19F2NO/c1-11-7-13(9-14(18)8-11)15(20-2)10-12-5-4-6-16(21-3)17(12)19/h4-9,15,20H,10H2,1-3H3. The third-order valence-corrected chi connectivity index (χ3v) is 3.50. The molecule has 2 nitrogen and oxygen atoms in total. The van der Waals surface area contributed by atoms with E-state index >= 15 is 0 Å². The Kier molecular flexibility index (Phi) is 4.91. The molecule has 0 amide bonds. The van der Waals surface area contributed by atoms with Crippen molar-refractivity contribution in [3.05, 3.63) is 64.7 Å². The quantitative estimate of drug-likeness (QED) is 0.905. The van der Waals surface area contributed by atoms with Gasteiger partial charge in [-0.2, -0.15) is 0 Å². The van der Waals surface area contributed by atoms with Crippen LogP contribution in [-0.2, 0) is 6.42 Å². The molecule has 2 aromatic rings. The van der Waals surface area contributed by atoms with E-state index in [1.807, 2.05) is 13.0 Å². The maximum absolute atomic E-state index is 14.2. The van der Waals surface area contributed by atoms with Crippen LogP contribution in [0.3, 0.4) is 0 Å². The molecule has 0 saturated carbocycles. The predicted molar refractivity (Wildman–Crippen MR) is 79.6 cm³/mol. The average Bonchev–Trinajstić information content (AvgIpc) is 2.45. The highest BCUT2D eigenvalue weighted by Crippen LogP contribution is 2.26. The van der Waals surface area contributed by atoms with Crippen LogP contribution in [0.25, 0.3) is 0 Å². The van der Waals surface area contributed by atoms with Crippen molar-refractivity contribution in [1.82, 2.24) is 5.32 Å². The Morgan fingerprint density at radius 2 is 1.95 bits per heavy atom. The number of methoxy groups -OCH3 is 1. The van der Waals surface area contributed by atoms with Crippen molar-refractivity contribution in [2.24, 2.45) is 0 Å². The molecule has 0 heterocycles. The first kappa shape index (κ1) is 15.4. The minimum absolute atomic E-state index is 0.166. The predicted octanol–water partition coefficient (Wildman–Crippen LogP) is 3.79. The van der Waals surface area contributed by atoms with E-state index in [0.29, 0.717) is 12.0 Å². The van der Waals surface area contributed by atoms with Gasteiger partial charge in [-0.1, -0.05) is 18.2 Å². The Balaban J connectivity index is 2.31. The lowest BCUT2D eigenvalue weighted by molar-refractivity contribution is 0.383. The highest BCUT2D eigenvalue weighted by Gasteiger charge is 2.16. The van der Waals surface area contributed by atoms with Crippen LogP contribution in [0.2, 0.25) is 0 Å². The second-order valence-corrected chi connectivity index (χ2v) is 5.04. The van der Waals surface area contributed by atoms with Gasteiger partial charge in [0.1, 0.15) is 5.82 Å². The van der Waals surface area contributed by atoms with Gasteiger partial charge in [-0.25, -0.2) is 8.78 Å². The van der Waals surface area contributed by atoms with Gasteiger partial charge < -0.3 is 10.1 Å². The summed E-state index contributed by atoms with van der Waals surface area (Å²) >= 11 is 0. The first-order valence-electron chi connectivity index (χ1n) is 6.81. The van der Waals surface area contributed by atoms with Crippen LogP contribution in [0.1, 0.15) is 22.7 Å². The summed E-state index contributed by atoms with van der Waals surface area (Å²) in [6.07, 6.45) is 0.419. The van der Waals surface area contributed by atoms with Gasteiger partial charge in [0.2, 0.25) is 0 Å². The van der Waals surface area contributed by atoms with Gasteiger partial charge in [-0.15, -0.1) is 0 Å². The Morgan fingerprint density at radius 1 is 1.19 bits per heavy atom. The molecule has 0 spiro atoms. The van der Waals surface area contributed by atoms with Gasteiger partial charge in [0.15, 0.2) is 11.6 Å². The number of halogens is 2. The van der Waals surface area contributed by atoms with E-state index < -0.39 is 0 Å². The molecule has 4 heteroatoms. The van der Waals surface area contributed by atoms with Crippen LogP contribution in [0, 0.1) is 18.6 Å². The number of rotatable bonds is 5. The summed E-state index contributed by atoms with van der Waals surface area (Å²) in [5, 5.41) is 3.11. The third kappa shape index (κ3) is 3.58. The first-order valence-corrected chi connectivity index (χ1v) is 6.81. The fourth-order valence-electron chi connectivity index (χ4n) is 2.44. The number of hydrogen-bond donors (Lipinski definition) is 1. The fraction of sp³-hybridized carbons (Fsp3) is 0.294. The highest BCUT2D eigenvalue weighted by molar-refractivity contribution is 5.33. The zero-order valence-corrected chi connectivity index (χ0v) is 12.4. The second kappa shape index (κ2) is 6.68. The number of ether oxygens (including phenoxy) is 1. The summed E-state index contributed by atoms with van der Waals surface area (Å²) in [4.78, 5) is 0. The van der Waals surface area contributed by atoms with Crippen LogP contribution < -0.4 is 10.1 Å². The minimum atomic E-state index is -0.367. The van der Waals surface area contributed by atoms with Crippen LogP contribution in [0.15, 0.2) is 36.4 Å². The Bertz CT molecular complexity index is 608. The van der Waals surface area contributed by atoms with Crippen molar-refractivity contribution >= 4 is 0 Å². The zero-order chi connectivity index (χ0) is 15.4. The van der Waals surface area contributed by atoms with Crippen molar-refractivity contribution in [2.75, 3.05) is 14.2 Å². The molecule has 1 unspecified atom stereocenters. The van der Waals surface area contributed by atoms with Gasteiger partial charge in [0, 0.05) is 6.04 Å². The van der Waals surface area contributed by atoms with Gasteiger partial charge >= 0.3 is 0 Å². The largest absolute Gasteiger partial charge is 0.494 e. The Hall–Kier alpha value is -1.94. The lowest BCUT2D eigenvalue weighted by atomic mass is 9.97. The maximum Gasteiger partial charge on any atom is 0.168 e.